The van der Waals surface area contributed by atoms with E-state index in [1.807, 2.05) is 0 Å². The molecule has 0 saturated carbocycles. The molecule has 3 nitrogen and oxygen atoms in total. The zero-order valence-corrected chi connectivity index (χ0v) is 11.0. The summed E-state index contributed by atoms with van der Waals surface area (Å²) in [6.07, 6.45) is 4.20. The maximum Gasteiger partial charge on any atom is 0.109 e. The molecule has 0 radical (unpaired) electrons. The number of nitrogens with one attached hydrogen (secondary N) is 1. The Labute approximate surface area is 99.5 Å². The highest BCUT2D eigenvalue weighted by molar-refractivity contribution is 4.84. The minimum absolute atomic E-state index is 0.0315. The molecular formula is C13H26N2O. The molecule has 0 bridgehead atoms. The molecular weight excluding hydrogens is 200 g/mol. The van der Waals surface area contributed by atoms with Gasteiger partial charge in [0.25, 0.3) is 0 Å². The van der Waals surface area contributed by atoms with E-state index >= 15 is 0 Å². The molecule has 0 aliphatic carbocycles. The van der Waals surface area contributed by atoms with Gasteiger partial charge in [-0.05, 0) is 52.1 Å². The van der Waals surface area contributed by atoms with Gasteiger partial charge in [0.05, 0.1) is 5.60 Å². The van der Waals surface area contributed by atoms with Crippen LogP contribution in [0.3, 0.4) is 0 Å². The van der Waals surface area contributed by atoms with Gasteiger partial charge in [-0.2, -0.15) is 0 Å². The Kier molecular flexibility index (Phi) is 3.88. The Bertz CT molecular complexity index is 230. The summed E-state index contributed by atoms with van der Waals surface area (Å²) in [6.45, 7) is 11.3. The zero-order chi connectivity index (χ0) is 11.6. The highest BCUT2D eigenvalue weighted by Gasteiger charge is 2.33. The van der Waals surface area contributed by atoms with E-state index in [2.05, 4.69) is 31.0 Å². The molecule has 2 saturated heterocycles. The second-order valence-corrected chi connectivity index (χ2v) is 5.88. The maximum absolute atomic E-state index is 5.99. The Hall–Kier alpha value is -0.120. The fourth-order valence-corrected chi connectivity index (χ4v) is 2.89. The predicted octanol–water partition coefficient (Wildman–Crippen LogP) is 1.83. The first-order chi connectivity index (χ1) is 7.59. The lowest BCUT2D eigenvalue weighted by Gasteiger charge is -2.33. The van der Waals surface area contributed by atoms with Gasteiger partial charge in [0.15, 0.2) is 0 Å². The maximum atomic E-state index is 5.99. The van der Waals surface area contributed by atoms with Crippen LogP contribution in [-0.4, -0.2) is 42.9 Å². The van der Waals surface area contributed by atoms with E-state index in [4.69, 9.17) is 4.74 Å². The number of ether oxygens (including phenoxy) is 1. The molecule has 0 aromatic heterocycles. The SMILES string of the molecule is CCN1CCCC(CC2NCC(C)(C)O2)C1. The van der Waals surface area contributed by atoms with Crippen LogP contribution in [0.1, 0.15) is 40.0 Å². The van der Waals surface area contributed by atoms with Crippen molar-refractivity contribution in [3.05, 3.63) is 0 Å². The van der Waals surface area contributed by atoms with Crippen molar-refractivity contribution < 1.29 is 4.74 Å². The van der Waals surface area contributed by atoms with Gasteiger partial charge in [-0.15, -0.1) is 0 Å². The van der Waals surface area contributed by atoms with Gasteiger partial charge in [0.1, 0.15) is 6.23 Å². The standard InChI is InChI=1S/C13H26N2O/c1-4-15-7-5-6-11(9-15)8-12-14-10-13(2,3)16-12/h11-12,14H,4-10H2,1-3H3. The quantitative estimate of drug-likeness (QED) is 0.794. The fourth-order valence-electron chi connectivity index (χ4n) is 2.89. The zero-order valence-electron chi connectivity index (χ0n) is 11.0. The smallest absolute Gasteiger partial charge is 0.109 e. The van der Waals surface area contributed by atoms with Crippen LogP contribution in [0.25, 0.3) is 0 Å². The molecule has 2 unspecified atom stereocenters. The van der Waals surface area contributed by atoms with Gasteiger partial charge in [-0.3, -0.25) is 5.32 Å². The van der Waals surface area contributed by atoms with Gasteiger partial charge in [-0.25, -0.2) is 0 Å². The van der Waals surface area contributed by atoms with Crippen LogP contribution >= 0.6 is 0 Å². The number of rotatable bonds is 3. The van der Waals surface area contributed by atoms with Crippen molar-refractivity contribution in [2.45, 2.75) is 51.9 Å². The summed E-state index contributed by atoms with van der Waals surface area (Å²) in [5.74, 6) is 0.820. The molecule has 1 N–H and O–H groups in total. The summed E-state index contributed by atoms with van der Waals surface area (Å²) in [4.78, 5) is 2.56. The average Bonchev–Trinajstić information content (AvgIpc) is 2.58. The number of nitrogens with zero attached hydrogens (tertiary/aromatic N) is 1. The normalized spacial score (nSPS) is 35.4. The third kappa shape index (κ3) is 3.19. The van der Waals surface area contributed by atoms with E-state index in [0.717, 1.165) is 12.5 Å². The molecule has 2 fully saturated rings. The first kappa shape index (κ1) is 12.3. The van der Waals surface area contributed by atoms with E-state index in [-0.39, 0.29) is 11.8 Å². The third-order valence-corrected chi connectivity index (χ3v) is 3.81. The number of likely N-dealkylation sites (tertiary alicyclic amines) is 1. The molecule has 0 aromatic rings. The summed E-state index contributed by atoms with van der Waals surface area (Å²) in [5.41, 5.74) is 0.0315. The summed E-state index contributed by atoms with van der Waals surface area (Å²) in [5, 5.41) is 3.49. The van der Waals surface area contributed by atoms with Gasteiger partial charge < -0.3 is 9.64 Å². The van der Waals surface area contributed by atoms with E-state index in [0.29, 0.717) is 0 Å². The van der Waals surface area contributed by atoms with Crippen LogP contribution < -0.4 is 5.32 Å². The average molecular weight is 226 g/mol. The van der Waals surface area contributed by atoms with E-state index < -0.39 is 0 Å². The monoisotopic (exact) mass is 226 g/mol. The molecule has 2 heterocycles. The lowest BCUT2D eigenvalue weighted by Crippen LogP contribution is -2.38. The number of hydrogen-bond donors (Lipinski definition) is 1. The lowest BCUT2D eigenvalue weighted by molar-refractivity contribution is -0.0292. The van der Waals surface area contributed by atoms with Crippen molar-refractivity contribution in [3.63, 3.8) is 0 Å². The van der Waals surface area contributed by atoms with Crippen molar-refractivity contribution in [1.29, 1.82) is 0 Å². The van der Waals surface area contributed by atoms with Crippen molar-refractivity contribution in [3.8, 4) is 0 Å². The molecule has 0 aromatic carbocycles. The molecule has 2 aliphatic heterocycles. The molecule has 94 valence electrons. The number of hydrogen-bond acceptors (Lipinski definition) is 3. The van der Waals surface area contributed by atoms with Crippen molar-refractivity contribution in [1.82, 2.24) is 10.2 Å². The fraction of sp³-hybridized carbons (Fsp3) is 1.00. The van der Waals surface area contributed by atoms with E-state index in [1.54, 1.807) is 0 Å². The van der Waals surface area contributed by atoms with Crippen LogP contribution in [0.4, 0.5) is 0 Å². The first-order valence-corrected chi connectivity index (χ1v) is 6.72. The Morgan fingerprint density at radius 2 is 2.25 bits per heavy atom. The minimum atomic E-state index is 0.0315. The van der Waals surface area contributed by atoms with Crippen molar-refractivity contribution in [2.75, 3.05) is 26.2 Å². The van der Waals surface area contributed by atoms with Crippen molar-refractivity contribution >= 4 is 0 Å². The molecule has 2 atom stereocenters. The first-order valence-electron chi connectivity index (χ1n) is 6.72. The summed E-state index contributed by atoms with van der Waals surface area (Å²) in [6, 6.07) is 0. The van der Waals surface area contributed by atoms with E-state index in [1.165, 1.54) is 38.9 Å². The minimum Gasteiger partial charge on any atom is -0.356 e. The third-order valence-electron chi connectivity index (χ3n) is 3.81. The summed E-state index contributed by atoms with van der Waals surface area (Å²) < 4.78 is 5.99. The van der Waals surface area contributed by atoms with Crippen LogP contribution in [0.5, 0.6) is 0 Å². The highest BCUT2D eigenvalue weighted by Crippen LogP contribution is 2.26. The van der Waals surface area contributed by atoms with Crippen LogP contribution in [0.2, 0.25) is 0 Å². The lowest BCUT2D eigenvalue weighted by atomic mass is 9.94. The van der Waals surface area contributed by atoms with Crippen molar-refractivity contribution in [2.24, 2.45) is 5.92 Å². The highest BCUT2D eigenvalue weighted by atomic mass is 16.5. The topological polar surface area (TPSA) is 24.5 Å². The molecule has 0 amide bonds. The molecule has 16 heavy (non-hydrogen) atoms. The van der Waals surface area contributed by atoms with Gasteiger partial charge in [0, 0.05) is 13.1 Å². The van der Waals surface area contributed by atoms with Gasteiger partial charge >= 0.3 is 0 Å². The van der Waals surface area contributed by atoms with Gasteiger partial charge in [0.2, 0.25) is 0 Å². The van der Waals surface area contributed by atoms with Crippen LogP contribution in [0.15, 0.2) is 0 Å². The predicted molar refractivity (Wildman–Crippen MR) is 66.4 cm³/mol. The molecule has 2 aliphatic rings. The molecule has 2 rings (SSSR count). The van der Waals surface area contributed by atoms with Crippen LogP contribution in [0, 0.1) is 5.92 Å². The Morgan fingerprint density at radius 1 is 1.44 bits per heavy atom. The largest absolute Gasteiger partial charge is 0.356 e. The molecule has 3 heteroatoms. The second kappa shape index (κ2) is 5.03. The van der Waals surface area contributed by atoms with Crippen LogP contribution in [-0.2, 0) is 4.74 Å². The molecule has 0 spiro atoms. The second-order valence-electron chi connectivity index (χ2n) is 5.88. The number of piperidine rings is 1. The van der Waals surface area contributed by atoms with E-state index in [9.17, 15) is 0 Å². The Balaban J connectivity index is 1.77. The van der Waals surface area contributed by atoms with Gasteiger partial charge in [-0.1, -0.05) is 6.92 Å². The summed E-state index contributed by atoms with van der Waals surface area (Å²) >= 11 is 0. The summed E-state index contributed by atoms with van der Waals surface area (Å²) in [7, 11) is 0. The Morgan fingerprint density at radius 3 is 2.88 bits per heavy atom.